The SMILES string of the molecule is O=C1C[C@@H](c2ccccc2Cl)CC2=C1[C@H](c1ccccc1F)Nc1ccccc1N2. The quantitative estimate of drug-likeness (QED) is 0.501. The second-order valence-corrected chi connectivity index (χ2v) is 8.12. The Labute approximate surface area is 179 Å². The number of halogens is 2. The van der Waals surface area contributed by atoms with Crippen molar-refractivity contribution in [3.8, 4) is 0 Å². The molecule has 5 rings (SSSR count). The van der Waals surface area contributed by atoms with Crippen LogP contribution < -0.4 is 10.6 Å². The molecule has 0 fully saturated rings. The van der Waals surface area contributed by atoms with Gasteiger partial charge < -0.3 is 10.6 Å². The first-order chi connectivity index (χ1) is 14.6. The molecule has 2 N–H and O–H groups in total. The summed E-state index contributed by atoms with van der Waals surface area (Å²) in [5.74, 6) is -0.353. The molecular formula is C25H20ClFN2O. The van der Waals surface area contributed by atoms with Crippen LogP contribution in [0.2, 0.25) is 5.02 Å². The molecule has 0 bridgehead atoms. The maximum Gasteiger partial charge on any atom is 0.163 e. The van der Waals surface area contributed by atoms with Gasteiger partial charge in [0.1, 0.15) is 5.82 Å². The van der Waals surface area contributed by atoms with Gasteiger partial charge in [0, 0.05) is 28.3 Å². The molecule has 150 valence electrons. The summed E-state index contributed by atoms with van der Waals surface area (Å²) in [7, 11) is 0. The van der Waals surface area contributed by atoms with E-state index in [0.717, 1.165) is 22.6 Å². The van der Waals surface area contributed by atoms with Crippen molar-refractivity contribution in [3.63, 3.8) is 0 Å². The Balaban J connectivity index is 1.64. The van der Waals surface area contributed by atoms with Crippen LogP contribution in [-0.4, -0.2) is 5.78 Å². The van der Waals surface area contributed by atoms with Crippen molar-refractivity contribution in [2.75, 3.05) is 10.6 Å². The number of rotatable bonds is 2. The summed E-state index contributed by atoms with van der Waals surface area (Å²) in [5, 5.41) is 7.53. The van der Waals surface area contributed by atoms with Crippen molar-refractivity contribution in [1.82, 2.24) is 0 Å². The van der Waals surface area contributed by atoms with E-state index in [1.54, 1.807) is 18.2 Å². The zero-order chi connectivity index (χ0) is 20.7. The maximum absolute atomic E-state index is 14.8. The average Bonchev–Trinajstić information content (AvgIpc) is 2.91. The molecule has 0 saturated heterocycles. The van der Waals surface area contributed by atoms with E-state index in [0.29, 0.717) is 29.0 Å². The molecule has 0 saturated carbocycles. The fourth-order valence-electron chi connectivity index (χ4n) is 4.46. The van der Waals surface area contributed by atoms with E-state index in [-0.39, 0.29) is 17.5 Å². The van der Waals surface area contributed by atoms with E-state index in [2.05, 4.69) is 10.6 Å². The molecule has 1 aliphatic carbocycles. The Bertz CT molecular complexity index is 1170. The minimum atomic E-state index is -0.558. The average molecular weight is 419 g/mol. The highest BCUT2D eigenvalue weighted by Gasteiger charge is 2.37. The van der Waals surface area contributed by atoms with Crippen molar-refractivity contribution < 1.29 is 9.18 Å². The number of hydrogen-bond donors (Lipinski definition) is 2. The molecule has 1 heterocycles. The van der Waals surface area contributed by atoms with Gasteiger partial charge in [-0.25, -0.2) is 4.39 Å². The summed E-state index contributed by atoms with van der Waals surface area (Å²) in [6, 6.07) is 21.5. The Morgan fingerprint density at radius 1 is 0.833 bits per heavy atom. The topological polar surface area (TPSA) is 41.1 Å². The Kier molecular flexibility index (Phi) is 4.80. The van der Waals surface area contributed by atoms with E-state index in [1.165, 1.54) is 6.07 Å². The van der Waals surface area contributed by atoms with Gasteiger partial charge in [-0.15, -0.1) is 0 Å². The van der Waals surface area contributed by atoms with E-state index in [9.17, 15) is 9.18 Å². The molecule has 30 heavy (non-hydrogen) atoms. The molecule has 0 unspecified atom stereocenters. The van der Waals surface area contributed by atoms with Crippen LogP contribution in [0.1, 0.15) is 35.9 Å². The predicted octanol–water partition coefficient (Wildman–Crippen LogP) is 6.46. The molecule has 3 aromatic rings. The van der Waals surface area contributed by atoms with Crippen LogP contribution in [0.4, 0.5) is 15.8 Å². The Morgan fingerprint density at radius 2 is 1.50 bits per heavy atom. The molecule has 0 aromatic heterocycles. The molecule has 2 atom stereocenters. The van der Waals surface area contributed by atoms with Crippen LogP contribution in [0.3, 0.4) is 0 Å². The van der Waals surface area contributed by atoms with E-state index >= 15 is 0 Å². The fraction of sp³-hybridized carbons (Fsp3) is 0.160. The van der Waals surface area contributed by atoms with Gasteiger partial charge in [0.05, 0.1) is 17.4 Å². The number of Topliss-reactive ketones (excluding diaryl/α,β-unsaturated/α-hetero) is 1. The van der Waals surface area contributed by atoms with Crippen molar-refractivity contribution >= 4 is 28.8 Å². The van der Waals surface area contributed by atoms with Crippen molar-refractivity contribution in [2.45, 2.75) is 24.8 Å². The molecule has 0 amide bonds. The number of anilines is 2. The molecule has 3 nitrogen and oxygen atoms in total. The van der Waals surface area contributed by atoms with Gasteiger partial charge in [-0.1, -0.05) is 60.1 Å². The number of hydrogen-bond acceptors (Lipinski definition) is 3. The predicted molar refractivity (Wildman–Crippen MR) is 118 cm³/mol. The van der Waals surface area contributed by atoms with E-state index in [4.69, 9.17) is 11.6 Å². The third kappa shape index (κ3) is 3.27. The molecule has 0 radical (unpaired) electrons. The van der Waals surface area contributed by atoms with E-state index in [1.807, 2.05) is 48.5 Å². The summed E-state index contributed by atoms with van der Waals surface area (Å²) < 4.78 is 14.8. The number of benzene rings is 3. The van der Waals surface area contributed by atoms with Crippen LogP contribution in [0, 0.1) is 5.82 Å². The van der Waals surface area contributed by atoms with Crippen molar-refractivity contribution in [1.29, 1.82) is 0 Å². The van der Waals surface area contributed by atoms with Crippen LogP contribution in [0.5, 0.6) is 0 Å². The van der Waals surface area contributed by atoms with Crippen LogP contribution in [0.25, 0.3) is 0 Å². The number of allylic oxidation sites excluding steroid dienone is 1. The number of ketones is 1. The summed E-state index contributed by atoms with van der Waals surface area (Å²) in [5.41, 5.74) is 4.56. The second kappa shape index (κ2) is 7.62. The standard InChI is InChI=1S/C25H20ClFN2O/c26-18-9-3-1-7-16(18)15-13-22-24(23(30)14-15)25(17-8-2-4-10-19(17)27)29-21-12-6-5-11-20(21)28-22/h1-12,15,25,28-29H,13-14H2/t15-,25-/m0/s1. The highest BCUT2D eigenvalue weighted by molar-refractivity contribution is 6.31. The maximum atomic E-state index is 14.8. The van der Waals surface area contributed by atoms with Gasteiger partial charge in [-0.3, -0.25) is 4.79 Å². The number of fused-ring (bicyclic) bond motifs is 1. The monoisotopic (exact) mass is 418 g/mol. The molecule has 0 spiro atoms. The minimum Gasteiger partial charge on any atom is -0.372 e. The lowest BCUT2D eigenvalue weighted by molar-refractivity contribution is -0.116. The number of carbonyl (C=O) groups excluding carboxylic acids is 1. The molecule has 5 heteroatoms. The summed E-state index contributed by atoms with van der Waals surface area (Å²) >= 11 is 6.43. The lowest BCUT2D eigenvalue weighted by Crippen LogP contribution is -2.27. The lowest BCUT2D eigenvalue weighted by atomic mass is 9.78. The van der Waals surface area contributed by atoms with Crippen LogP contribution >= 0.6 is 11.6 Å². The lowest BCUT2D eigenvalue weighted by Gasteiger charge is -2.30. The highest BCUT2D eigenvalue weighted by Crippen LogP contribution is 2.45. The zero-order valence-electron chi connectivity index (χ0n) is 16.2. The molecule has 2 aliphatic rings. The highest BCUT2D eigenvalue weighted by atomic mass is 35.5. The second-order valence-electron chi connectivity index (χ2n) is 7.71. The van der Waals surface area contributed by atoms with Gasteiger partial charge in [-0.05, 0) is 42.2 Å². The van der Waals surface area contributed by atoms with Crippen LogP contribution in [-0.2, 0) is 4.79 Å². The molecule has 3 aromatic carbocycles. The number of para-hydroxylation sites is 2. The molecule has 1 aliphatic heterocycles. The van der Waals surface area contributed by atoms with Crippen molar-refractivity contribution in [2.24, 2.45) is 0 Å². The zero-order valence-corrected chi connectivity index (χ0v) is 16.9. The third-order valence-corrected chi connectivity index (χ3v) is 6.21. The first-order valence-electron chi connectivity index (χ1n) is 9.99. The van der Waals surface area contributed by atoms with Crippen LogP contribution in [0.15, 0.2) is 84.1 Å². The first-order valence-corrected chi connectivity index (χ1v) is 10.4. The summed E-state index contributed by atoms with van der Waals surface area (Å²) in [6.45, 7) is 0. The normalized spacial score (nSPS) is 20.5. The smallest absolute Gasteiger partial charge is 0.163 e. The summed E-state index contributed by atoms with van der Waals surface area (Å²) in [4.78, 5) is 13.4. The van der Waals surface area contributed by atoms with Gasteiger partial charge in [0.15, 0.2) is 5.78 Å². The number of carbonyl (C=O) groups is 1. The number of nitrogens with one attached hydrogen (secondary N) is 2. The van der Waals surface area contributed by atoms with Gasteiger partial charge in [0.2, 0.25) is 0 Å². The summed E-state index contributed by atoms with van der Waals surface area (Å²) in [6.07, 6.45) is 0.971. The molecular weight excluding hydrogens is 399 g/mol. The van der Waals surface area contributed by atoms with Gasteiger partial charge in [-0.2, -0.15) is 0 Å². The van der Waals surface area contributed by atoms with Gasteiger partial charge >= 0.3 is 0 Å². The van der Waals surface area contributed by atoms with Crippen molar-refractivity contribution in [3.05, 3.63) is 106 Å². The Hall–Kier alpha value is -3.11. The fourth-order valence-corrected chi connectivity index (χ4v) is 4.75. The van der Waals surface area contributed by atoms with Gasteiger partial charge in [0.25, 0.3) is 0 Å². The largest absolute Gasteiger partial charge is 0.372 e. The minimum absolute atomic E-state index is 0.00206. The third-order valence-electron chi connectivity index (χ3n) is 5.87. The Morgan fingerprint density at radius 3 is 2.27 bits per heavy atom. The van der Waals surface area contributed by atoms with E-state index < -0.39 is 6.04 Å². The first kappa shape index (κ1) is 18.9.